The van der Waals surface area contributed by atoms with Gasteiger partial charge in [0.05, 0.1) is 19.6 Å². The molecule has 0 aliphatic carbocycles. The SMILES string of the molecule is COc1cccc(C(=O)COC(=O)C2CC(=O)N(NC(=O)c3cccc(C)c3)C2)c1. The van der Waals surface area contributed by atoms with Crippen LogP contribution in [-0.2, 0) is 14.3 Å². The van der Waals surface area contributed by atoms with Gasteiger partial charge < -0.3 is 9.47 Å². The molecule has 0 aromatic heterocycles. The van der Waals surface area contributed by atoms with Crippen molar-refractivity contribution in [2.45, 2.75) is 13.3 Å². The Kier molecular flexibility index (Phi) is 6.46. The van der Waals surface area contributed by atoms with Crippen LogP contribution in [0.4, 0.5) is 0 Å². The van der Waals surface area contributed by atoms with Crippen molar-refractivity contribution in [2.75, 3.05) is 20.3 Å². The molecule has 2 aromatic carbocycles. The van der Waals surface area contributed by atoms with E-state index in [-0.39, 0.29) is 18.7 Å². The average Bonchev–Trinajstić information content (AvgIpc) is 3.12. The number of carbonyl (C=O) groups is 4. The lowest BCUT2D eigenvalue weighted by Crippen LogP contribution is -2.43. The molecule has 1 heterocycles. The number of carbonyl (C=O) groups excluding carboxylic acids is 4. The van der Waals surface area contributed by atoms with E-state index in [1.807, 2.05) is 13.0 Å². The van der Waals surface area contributed by atoms with Crippen LogP contribution in [0, 0.1) is 12.8 Å². The van der Waals surface area contributed by atoms with Crippen molar-refractivity contribution >= 4 is 23.6 Å². The third-order valence-electron chi connectivity index (χ3n) is 4.71. The summed E-state index contributed by atoms with van der Waals surface area (Å²) in [5.74, 6) is -2.10. The minimum absolute atomic E-state index is 0.0113. The third-order valence-corrected chi connectivity index (χ3v) is 4.71. The molecule has 1 N–H and O–H groups in total. The highest BCUT2D eigenvalue weighted by molar-refractivity contribution is 5.99. The first-order valence-corrected chi connectivity index (χ1v) is 9.39. The number of ketones is 1. The van der Waals surface area contributed by atoms with Gasteiger partial charge >= 0.3 is 5.97 Å². The second-order valence-electron chi connectivity index (χ2n) is 6.98. The number of benzene rings is 2. The zero-order valence-electron chi connectivity index (χ0n) is 16.7. The highest BCUT2D eigenvalue weighted by atomic mass is 16.5. The van der Waals surface area contributed by atoms with Crippen molar-refractivity contribution in [3.05, 3.63) is 65.2 Å². The zero-order valence-corrected chi connectivity index (χ0v) is 16.7. The van der Waals surface area contributed by atoms with Gasteiger partial charge in [0, 0.05) is 17.5 Å². The smallest absolute Gasteiger partial charge is 0.311 e. The van der Waals surface area contributed by atoms with E-state index in [0.717, 1.165) is 10.6 Å². The van der Waals surface area contributed by atoms with E-state index in [2.05, 4.69) is 5.43 Å². The topological polar surface area (TPSA) is 102 Å². The molecule has 0 saturated carbocycles. The van der Waals surface area contributed by atoms with Crippen LogP contribution in [-0.4, -0.2) is 48.8 Å². The molecule has 1 aliphatic heterocycles. The lowest BCUT2D eigenvalue weighted by Gasteiger charge is -2.17. The number of esters is 1. The van der Waals surface area contributed by atoms with Crippen LogP contribution in [0.2, 0.25) is 0 Å². The van der Waals surface area contributed by atoms with Crippen LogP contribution in [0.3, 0.4) is 0 Å². The Labute approximate surface area is 173 Å². The van der Waals surface area contributed by atoms with Crippen LogP contribution in [0.1, 0.15) is 32.7 Å². The third kappa shape index (κ3) is 5.02. The molecule has 0 bridgehead atoms. The van der Waals surface area contributed by atoms with Crippen molar-refractivity contribution in [2.24, 2.45) is 5.92 Å². The summed E-state index contributed by atoms with van der Waals surface area (Å²) in [7, 11) is 1.49. The standard InChI is InChI=1S/C22H22N2O6/c1-14-5-3-7-16(9-14)21(27)23-24-12-17(11-20(24)26)22(28)30-13-19(25)15-6-4-8-18(10-15)29-2/h3-10,17H,11-13H2,1-2H3,(H,23,27). The fraction of sp³-hybridized carbons (Fsp3) is 0.273. The summed E-state index contributed by atoms with van der Waals surface area (Å²) in [6.07, 6.45) is -0.0969. The molecular weight excluding hydrogens is 388 g/mol. The van der Waals surface area contributed by atoms with Gasteiger partial charge in [0.1, 0.15) is 5.75 Å². The monoisotopic (exact) mass is 410 g/mol. The molecule has 1 fully saturated rings. The lowest BCUT2D eigenvalue weighted by atomic mass is 10.1. The van der Waals surface area contributed by atoms with Crippen molar-refractivity contribution in [1.82, 2.24) is 10.4 Å². The molecule has 2 aromatic rings. The van der Waals surface area contributed by atoms with Crippen LogP contribution in [0.5, 0.6) is 5.75 Å². The minimum atomic E-state index is -0.756. The normalized spacial score (nSPS) is 15.6. The predicted molar refractivity (Wildman–Crippen MR) is 107 cm³/mol. The first kappa shape index (κ1) is 21.0. The van der Waals surface area contributed by atoms with Crippen molar-refractivity contribution in [1.29, 1.82) is 0 Å². The minimum Gasteiger partial charge on any atom is -0.497 e. The van der Waals surface area contributed by atoms with Gasteiger partial charge in [-0.15, -0.1) is 0 Å². The number of amides is 2. The number of nitrogens with zero attached hydrogens (tertiary/aromatic N) is 1. The van der Waals surface area contributed by atoms with Crippen molar-refractivity contribution in [3.63, 3.8) is 0 Å². The van der Waals surface area contributed by atoms with Gasteiger partial charge in [0.15, 0.2) is 12.4 Å². The molecular formula is C22H22N2O6. The lowest BCUT2D eigenvalue weighted by molar-refractivity contribution is -0.147. The number of methoxy groups -OCH3 is 1. The Morgan fingerprint density at radius 3 is 2.57 bits per heavy atom. The zero-order chi connectivity index (χ0) is 21.7. The fourth-order valence-electron chi connectivity index (χ4n) is 3.08. The Morgan fingerprint density at radius 2 is 1.83 bits per heavy atom. The molecule has 2 amide bonds. The van der Waals surface area contributed by atoms with Crippen molar-refractivity contribution < 1.29 is 28.7 Å². The largest absolute Gasteiger partial charge is 0.497 e. The number of Topliss-reactive ketones (excluding diaryl/α,β-unsaturated/α-hetero) is 1. The number of hydrogen-bond acceptors (Lipinski definition) is 6. The van der Waals surface area contributed by atoms with E-state index in [1.165, 1.54) is 7.11 Å². The summed E-state index contributed by atoms with van der Waals surface area (Å²) in [4.78, 5) is 49.0. The Balaban J connectivity index is 1.53. The highest BCUT2D eigenvalue weighted by Gasteiger charge is 2.36. The van der Waals surface area contributed by atoms with Gasteiger partial charge in [-0.05, 0) is 31.2 Å². The molecule has 30 heavy (non-hydrogen) atoms. The Hall–Kier alpha value is -3.68. The first-order chi connectivity index (χ1) is 14.4. The van der Waals surface area contributed by atoms with Crippen LogP contribution < -0.4 is 10.2 Å². The van der Waals surface area contributed by atoms with Gasteiger partial charge in [-0.3, -0.25) is 29.6 Å². The number of ether oxygens (including phenoxy) is 2. The van der Waals surface area contributed by atoms with E-state index in [0.29, 0.717) is 16.9 Å². The fourth-order valence-corrected chi connectivity index (χ4v) is 3.08. The van der Waals surface area contributed by atoms with E-state index in [1.54, 1.807) is 42.5 Å². The van der Waals surface area contributed by atoms with Crippen molar-refractivity contribution in [3.8, 4) is 5.75 Å². The van der Waals surface area contributed by atoms with E-state index in [9.17, 15) is 19.2 Å². The molecule has 1 unspecified atom stereocenters. The van der Waals surface area contributed by atoms with Gasteiger partial charge in [-0.2, -0.15) is 0 Å². The summed E-state index contributed by atoms with van der Waals surface area (Å²) in [5, 5.41) is 1.11. The summed E-state index contributed by atoms with van der Waals surface area (Å²) < 4.78 is 10.2. The molecule has 156 valence electrons. The van der Waals surface area contributed by atoms with E-state index >= 15 is 0 Å². The maximum Gasteiger partial charge on any atom is 0.311 e. The summed E-state index contributed by atoms with van der Waals surface area (Å²) in [6.45, 7) is 1.41. The van der Waals surface area contributed by atoms with Gasteiger partial charge in [-0.1, -0.05) is 29.8 Å². The number of nitrogens with one attached hydrogen (secondary N) is 1. The average molecular weight is 410 g/mol. The molecule has 0 radical (unpaired) electrons. The summed E-state index contributed by atoms with van der Waals surface area (Å²) in [5.41, 5.74) is 4.20. The highest BCUT2D eigenvalue weighted by Crippen LogP contribution is 2.19. The summed E-state index contributed by atoms with van der Waals surface area (Å²) in [6, 6.07) is 13.5. The number of aryl methyl sites for hydroxylation is 1. The first-order valence-electron chi connectivity index (χ1n) is 9.39. The van der Waals surface area contributed by atoms with Crippen LogP contribution in [0.25, 0.3) is 0 Å². The number of hydrazine groups is 1. The van der Waals surface area contributed by atoms with Crippen LogP contribution in [0.15, 0.2) is 48.5 Å². The second kappa shape index (κ2) is 9.21. The molecule has 3 rings (SSSR count). The van der Waals surface area contributed by atoms with Gasteiger partial charge in [0.25, 0.3) is 5.91 Å². The molecule has 1 saturated heterocycles. The maximum absolute atomic E-state index is 12.3. The molecule has 1 atom stereocenters. The quantitative estimate of drug-likeness (QED) is 0.553. The van der Waals surface area contributed by atoms with E-state index < -0.39 is 30.3 Å². The Bertz CT molecular complexity index is 987. The molecule has 1 aliphatic rings. The summed E-state index contributed by atoms with van der Waals surface area (Å²) >= 11 is 0. The molecule has 8 nitrogen and oxygen atoms in total. The Morgan fingerprint density at radius 1 is 1.10 bits per heavy atom. The molecule has 0 spiro atoms. The van der Waals surface area contributed by atoms with E-state index in [4.69, 9.17) is 9.47 Å². The molecule has 8 heteroatoms. The van der Waals surface area contributed by atoms with Gasteiger partial charge in [0.2, 0.25) is 5.91 Å². The van der Waals surface area contributed by atoms with Crippen LogP contribution >= 0.6 is 0 Å². The maximum atomic E-state index is 12.3. The predicted octanol–water partition coefficient (Wildman–Crippen LogP) is 1.92. The van der Waals surface area contributed by atoms with Gasteiger partial charge in [-0.25, -0.2) is 0 Å². The second-order valence-corrected chi connectivity index (χ2v) is 6.98. The number of rotatable bonds is 7. The number of hydrogen-bond donors (Lipinski definition) is 1.